The van der Waals surface area contributed by atoms with Gasteiger partial charge in [-0.2, -0.15) is 0 Å². The van der Waals surface area contributed by atoms with Crippen molar-refractivity contribution in [2.45, 2.75) is 52.4 Å². The van der Waals surface area contributed by atoms with E-state index in [9.17, 15) is 0 Å². The van der Waals surface area contributed by atoms with Crippen LogP contribution in [0.25, 0.3) is 0 Å². The maximum atomic E-state index is 2.52. The molecule has 0 aliphatic carbocycles. The molecule has 0 N–H and O–H groups in total. The molecule has 0 amide bonds. The molecule has 3 rings (SSSR count). The van der Waals surface area contributed by atoms with Crippen LogP contribution in [0, 0.1) is 0 Å². The molecular weight excluding hydrogens is 573 g/mol. The van der Waals surface area contributed by atoms with Crippen LogP contribution < -0.4 is 9.62 Å². The third kappa shape index (κ3) is 4.93. The summed E-state index contributed by atoms with van der Waals surface area (Å²) in [5, 5.41) is 0. The zero-order valence-electron chi connectivity index (χ0n) is 21.4. The summed E-state index contributed by atoms with van der Waals surface area (Å²) < 4.78 is 1.22. The molecule has 0 aromatic heterocycles. The van der Waals surface area contributed by atoms with Gasteiger partial charge in [0.25, 0.3) is 0 Å². The third-order valence-electron chi connectivity index (χ3n) is 6.20. The van der Waals surface area contributed by atoms with Gasteiger partial charge in [-0.25, -0.2) is 0 Å². The zero-order chi connectivity index (χ0) is 24.0. The summed E-state index contributed by atoms with van der Waals surface area (Å²) >= 11 is 2.52. The number of hydrogen-bond donors (Lipinski definition) is 0. The summed E-state index contributed by atoms with van der Waals surface area (Å²) in [4.78, 5) is 9.65. The fourth-order valence-corrected chi connectivity index (χ4v) is 5.51. The Hall–Kier alpha value is -1.35. The third-order valence-corrected chi connectivity index (χ3v) is 7.30. The maximum absolute atomic E-state index is 2.52. The number of rotatable bonds is 4. The van der Waals surface area contributed by atoms with Crippen LogP contribution in [0.3, 0.4) is 0 Å². The molecule has 0 bridgehead atoms. The van der Waals surface area contributed by atoms with Crippen molar-refractivity contribution in [3.05, 3.63) is 59.7 Å². The van der Waals surface area contributed by atoms with E-state index in [2.05, 4.69) is 157 Å². The number of anilines is 2. The molecule has 2 aromatic rings. The molecule has 0 saturated carbocycles. The molecule has 0 unspecified atom stereocenters. The summed E-state index contributed by atoms with van der Waals surface area (Å²) in [6.45, 7) is 14.0. The van der Waals surface area contributed by atoms with Gasteiger partial charge in [-0.05, 0) is 0 Å². The van der Waals surface area contributed by atoms with Crippen LogP contribution in [0.1, 0.15) is 52.7 Å². The van der Waals surface area contributed by atoms with Crippen LogP contribution in [0.15, 0.2) is 48.5 Å². The Bertz CT molecular complexity index is 901. The molecule has 1 aliphatic rings. The van der Waals surface area contributed by atoms with Gasteiger partial charge in [0.05, 0.1) is 0 Å². The van der Waals surface area contributed by atoms with E-state index < -0.39 is 0 Å². The normalized spacial score (nSPS) is 15.6. The number of nitrogens with zero attached hydrogens (tertiary/aromatic N) is 4. The van der Waals surface area contributed by atoms with E-state index in [4.69, 9.17) is 0 Å². The molecule has 0 radical (unpaired) electrons. The molecule has 0 spiro atoms. The van der Waals surface area contributed by atoms with Crippen molar-refractivity contribution >= 4 is 29.3 Å². The molecule has 1 fully saturated rings. The predicted octanol–water partition coefficient (Wildman–Crippen LogP) is 4.42. The summed E-state index contributed by atoms with van der Waals surface area (Å²) in [5.41, 5.74) is 5.40. The fourth-order valence-electron chi connectivity index (χ4n) is 4.33. The van der Waals surface area contributed by atoms with Gasteiger partial charge in [-0.15, -0.1) is 0 Å². The minimum absolute atomic E-state index is 0.108. The van der Waals surface area contributed by atoms with Gasteiger partial charge in [-0.1, -0.05) is 0 Å². The zero-order valence-corrected chi connectivity index (χ0v) is 23.7. The monoisotopic (exact) mass is 611 g/mol. The van der Waals surface area contributed by atoms with Gasteiger partial charge in [0.2, 0.25) is 0 Å². The molecule has 174 valence electrons. The number of hydrogen-bond acceptors (Lipinski definition) is 4. The van der Waals surface area contributed by atoms with Crippen LogP contribution in [-0.4, -0.2) is 55.7 Å². The van der Waals surface area contributed by atoms with Crippen molar-refractivity contribution in [1.82, 2.24) is 9.62 Å². The Balaban J connectivity index is 2.16. The van der Waals surface area contributed by atoms with E-state index >= 15 is 0 Å². The van der Waals surface area contributed by atoms with Gasteiger partial charge in [0, 0.05) is 0 Å². The van der Waals surface area contributed by atoms with Crippen LogP contribution in [0.4, 0.5) is 11.4 Å². The summed E-state index contributed by atoms with van der Waals surface area (Å²) in [7, 11) is 8.73. The Kier molecular flexibility index (Phi) is 7.20. The second kappa shape index (κ2) is 9.12. The average Bonchev–Trinajstić information content (AvgIpc) is 3.00. The van der Waals surface area contributed by atoms with E-state index in [-0.39, 0.29) is 24.6 Å². The summed E-state index contributed by atoms with van der Waals surface area (Å²) in [6, 6.07) is 18.1. The second-order valence-corrected chi connectivity index (χ2v) is 12.4. The second-order valence-electron chi connectivity index (χ2n) is 11.3. The van der Waals surface area contributed by atoms with Crippen molar-refractivity contribution in [2.24, 2.45) is 0 Å². The predicted molar refractivity (Wildman–Crippen MR) is 139 cm³/mol. The molecule has 0 atom stereocenters. The molecular formula is C25H38B2N4Pt. The van der Waals surface area contributed by atoms with Crippen LogP contribution in [-0.2, 0) is 30.2 Å². The van der Waals surface area contributed by atoms with E-state index in [1.807, 2.05) is 0 Å². The first-order valence-corrected chi connectivity index (χ1v) is 12.5. The topological polar surface area (TPSA) is 13.0 Å². The summed E-state index contributed by atoms with van der Waals surface area (Å²) in [6.07, 6.45) is 0. The standard InChI is InChI=1S/C25H38B2N4.Pt/c1-24(2,3)20-13-11-15-22(17-20)30-19-31(27(29(9)10)26(30)28(7)8)23-16-12-14-21(18-23)25(4,5)6;/h11-18H,1-10H3;. The first-order chi connectivity index (χ1) is 14.7. The van der Waals surface area contributed by atoms with Crippen LogP contribution in [0.5, 0.6) is 0 Å². The van der Waals surface area contributed by atoms with E-state index in [1.165, 1.54) is 26.6 Å². The first kappa shape index (κ1) is 25.3. The Labute approximate surface area is 207 Å². The Morgan fingerprint density at radius 3 is 1.28 bits per heavy atom. The molecule has 1 heterocycles. The SMILES string of the molecule is CN(C)B1B(N(C)C)N(c2cccc(C(C)(C)C)c2)[C](=[Pt])N1c1cccc(C(C)(C)C)c1. The molecule has 32 heavy (non-hydrogen) atoms. The van der Waals surface area contributed by atoms with E-state index in [0.717, 1.165) is 0 Å². The molecule has 2 aromatic carbocycles. The average molecular weight is 611 g/mol. The Morgan fingerprint density at radius 2 is 1.00 bits per heavy atom. The van der Waals surface area contributed by atoms with E-state index in [1.54, 1.807) is 0 Å². The molecule has 1 saturated heterocycles. The fraction of sp³-hybridized carbons (Fsp3) is 0.480. The number of benzene rings is 2. The first-order valence-electron chi connectivity index (χ1n) is 11.4. The van der Waals surface area contributed by atoms with Crippen molar-refractivity contribution in [3.63, 3.8) is 0 Å². The van der Waals surface area contributed by atoms with Crippen molar-refractivity contribution in [1.29, 1.82) is 0 Å². The van der Waals surface area contributed by atoms with Crippen molar-refractivity contribution < 1.29 is 19.4 Å². The van der Waals surface area contributed by atoms with Gasteiger partial charge in [0.1, 0.15) is 0 Å². The summed E-state index contributed by atoms with van der Waals surface area (Å²) in [5.74, 6) is 0. The van der Waals surface area contributed by atoms with Gasteiger partial charge < -0.3 is 0 Å². The quantitative estimate of drug-likeness (QED) is 0.475. The minimum atomic E-state index is 0.108. The van der Waals surface area contributed by atoms with Crippen LogP contribution in [0.2, 0.25) is 0 Å². The van der Waals surface area contributed by atoms with Crippen LogP contribution >= 0.6 is 0 Å². The molecule has 1 aliphatic heterocycles. The van der Waals surface area contributed by atoms with E-state index in [0.29, 0.717) is 0 Å². The van der Waals surface area contributed by atoms with Gasteiger partial charge >= 0.3 is 208 Å². The van der Waals surface area contributed by atoms with Gasteiger partial charge in [0.15, 0.2) is 0 Å². The Morgan fingerprint density at radius 1 is 0.656 bits per heavy atom. The molecule has 7 heteroatoms. The van der Waals surface area contributed by atoms with Gasteiger partial charge in [-0.3, -0.25) is 0 Å². The molecule has 4 nitrogen and oxygen atoms in total. The van der Waals surface area contributed by atoms with Crippen molar-refractivity contribution in [3.8, 4) is 0 Å². The van der Waals surface area contributed by atoms with Crippen molar-refractivity contribution in [2.75, 3.05) is 37.8 Å².